The Hall–Kier alpha value is -3.59. The number of aromatic nitrogens is 3. The van der Waals surface area contributed by atoms with E-state index in [2.05, 4.69) is 21.6 Å². The van der Waals surface area contributed by atoms with Crippen LogP contribution in [0.2, 0.25) is 0 Å². The number of methoxy groups -OCH3 is 1. The molecule has 1 saturated heterocycles. The highest BCUT2D eigenvalue weighted by atomic mass is 16.5. The zero-order chi connectivity index (χ0) is 23.7. The first-order valence-corrected chi connectivity index (χ1v) is 11.7. The number of anilines is 1. The quantitative estimate of drug-likeness (QED) is 0.575. The van der Waals surface area contributed by atoms with E-state index in [0.717, 1.165) is 42.6 Å². The molecule has 2 N–H and O–H groups in total. The topological polar surface area (TPSA) is 102 Å². The lowest BCUT2D eigenvalue weighted by molar-refractivity contribution is 0.198. The zero-order valence-electron chi connectivity index (χ0n) is 19.4. The van der Waals surface area contributed by atoms with Crippen molar-refractivity contribution in [3.05, 3.63) is 48.3 Å². The monoisotopic (exact) mass is 463 g/mol. The van der Waals surface area contributed by atoms with Crippen LogP contribution in [-0.2, 0) is 6.42 Å². The number of pyridine rings is 1. The number of nitrogens with one attached hydrogen (secondary N) is 1. The van der Waals surface area contributed by atoms with E-state index < -0.39 is 6.09 Å². The van der Waals surface area contributed by atoms with Crippen LogP contribution in [0.4, 0.5) is 10.5 Å². The first-order valence-electron chi connectivity index (χ1n) is 11.7. The van der Waals surface area contributed by atoms with E-state index in [1.54, 1.807) is 19.2 Å². The van der Waals surface area contributed by atoms with Gasteiger partial charge in [-0.1, -0.05) is 6.07 Å². The van der Waals surface area contributed by atoms with E-state index in [-0.39, 0.29) is 6.04 Å². The third-order valence-electron chi connectivity index (χ3n) is 6.66. The molecule has 9 nitrogen and oxygen atoms in total. The van der Waals surface area contributed by atoms with Crippen LogP contribution in [0.15, 0.2) is 42.7 Å². The summed E-state index contributed by atoms with van der Waals surface area (Å²) < 4.78 is 13.7. The Balaban J connectivity index is 1.60. The maximum absolute atomic E-state index is 12.1. The van der Waals surface area contributed by atoms with Gasteiger partial charge in [-0.25, -0.2) is 4.79 Å². The molecule has 1 fully saturated rings. The van der Waals surface area contributed by atoms with Crippen molar-refractivity contribution in [1.29, 1.82) is 0 Å². The number of benzene rings is 1. The van der Waals surface area contributed by atoms with Gasteiger partial charge in [-0.2, -0.15) is 10.1 Å². The fraction of sp³-hybridized carbons (Fsp3) is 0.400. The van der Waals surface area contributed by atoms with Crippen molar-refractivity contribution in [2.45, 2.75) is 44.7 Å². The normalized spacial score (nSPS) is 18.4. The summed E-state index contributed by atoms with van der Waals surface area (Å²) in [6, 6.07) is 9.39. The second-order valence-corrected chi connectivity index (χ2v) is 8.79. The van der Waals surface area contributed by atoms with Crippen LogP contribution in [0, 0.1) is 0 Å². The third-order valence-corrected chi connectivity index (χ3v) is 6.66. The highest BCUT2D eigenvalue weighted by molar-refractivity contribution is 5.91. The summed E-state index contributed by atoms with van der Waals surface area (Å²) in [4.78, 5) is 17.9. The summed E-state index contributed by atoms with van der Waals surface area (Å²) in [5, 5.41) is 17.9. The van der Waals surface area contributed by atoms with Crippen molar-refractivity contribution in [3.8, 4) is 28.6 Å². The van der Waals surface area contributed by atoms with Gasteiger partial charge in [0.1, 0.15) is 5.75 Å². The molecule has 2 aromatic heterocycles. The zero-order valence-corrected chi connectivity index (χ0v) is 19.4. The second kappa shape index (κ2) is 9.34. The highest BCUT2D eigenvalue weighted by Gasteiger charge is 2.32. The predicted molar refractivity (Wildman–Crippen MR) is 128 cm³/mol. The fourth-order valence-corrected chi connectivity index (χ4v) is 4.86. The van der Waals surface area contributed by atoms with Gasteiger partial charge in [0.15, 0.2) is 0 Å². The molecule has 0 saturated carbocycles. The number of carboxylic acid groups (broad SMARTS) is 1. The Bertz CT molecular complexity index is 1190. The van der Waals surface area contributed by atoms with Crippen LogP contribution in [-0.4, -0.2) is 52.2 Å². The van der Waals surface area contributed by atoms with E-state index in [1.165, 1.54) is 4.90 Å². The fourth-order valence-electron chi connectivity index (χ4n) is 4.86. The number of rotatable bonds is 5. The number of fused-ring (bicyclic) bond motifs is 1. The Morgan fingerprint density at radius 3 is 2.71 bits per heavy atom. The van der Waals surface area contributed by atoms with Crippen molar-refractivity contribution in [3.63, 3.8) is 0 Å². The highest BCUT2D eigenvalue weighted by Crippen LogP contribution is 2.44. The Morgan fingerprint density at radius 2 is 1.94 bits per heavy atom. The number of amides is 1. The van der Waals surface area contributed by atoms with E-state index in [1.807, 2.05) is 36.0 Å². The number of nitrogens with zero attached hydrogens (tertiary/aromatic N) is 4. The molecule has 4 heterocycles. The van der Waals surface area contributed by atoms with E-state index in [9.17, 15) is 9.90 Å². The summed E-state index contributed by atoms with van der Waals surface area (Å²) in [6.07, 6.45) is 6.43. The first kappa shape index (κ1) is 22.2. The van der Waals surface area contributed by atoms with Gasteiger partial charge < -0.3 is 19.9 Å². The molecule has 1 unspecified atom stereocenters. The number of hydrogen-bond donors (Lipinski definition) is 2. The van der Waals surface area contributed by atoms with Gasteiger partial charge >= 0.3 is 6.09 Å². The lowest BCUT2D eigenvalue weighted by Gasteiger charge is -2.34. The molecule has 34 heavy (non-hydrogen) atoms. The van der Waals surface area contributed by atoms with Gasteiger partial charge in [0.25, 0.3) is 0 Å². The maximum atomic E-state index is 12.1. The summed E-state index contributed by atoms with van der Waals surface area (Å²) in [5.41, 5.74) is 3.30. The van der Waals surface area contributed by atoms with Gasteiger partial charge in [-0.15, -0.1) is 0 Å². The minimum absolute atomic E-state index is 0.110. The number of carbonyl (C=O) groups is 1. The molecule has 0 aliphatic carbocycles. The van der Waals surface area contributed by atoms with Gasteiger partial charge in [0.05, 0.1) is 25.0 Å². The van der Waals surface area contributed by atoms with Crippen LogP contribution < -0.4 is 19.7 Å². The molecule has 1 amide bonds. The van der Waals surface area contributed by atoms with Crippen LogP contribution in [0.5, 0.6) is 17.5 Å². The van der Waals surface area contributed by atoms with E-state index in [0.29, 0.717) is 42.1 Å². The smallest absolute Gasteiger partial charge is 0.412 e. The Kier molecular flexibility index (Phi) is 6.10. The van der Waals surface area contributed by atoms with Crippen LogP contribution in [0.25, 0.3) is 11.1 Å². The molecule has 0 bridgehead atoms. The maximum Gasteiger partial charge on any atom is 0.412 e. The molecule has 2 aliphatic rings. The van der Waals surface area contributed by atoms with Crippen LogP contribution >= 0.6 is 0 Å². The molecule has 3 aromatic rings. The number of ether oxygens (including phenoxy) is 2. The summed E-state index contributed by atoms with van der Waals surface area (Å²) in [6.45, 7) is 3.90. The van der Waals surface area contributed by atoms with Crippen molar-refractivity contribution < 1.29 is 19.4 Å². The number of piperidine rings is 1. The largest absolute Gasteiger partial charge is 0.481 e. The Labute approximate surface area is 198 Å². The second-order valence-electron chi connectivity index (χ2n) is 8.79. The molecule has 1 atom stereocenters. The lowest BCUT2D eigenvalue weighted by atomic mass is 9.92. The minimum atomic E-state index is -0.967. The molecule has 0 spiro atoms. The summed E-state index contributed by atoms with van der Waals surface area (Å²) in [7, 11) is 1.56. The molecule has 0 radical (unpaired) electrons. The van der Waals surface area contributed by atoms with Gasteiger partial charge in [-0.3, -0.25) is 9.58 Å². The van der Waals surface area contributed by atoms with Crippen LogP contribution in [0.3, 0.4) is 0 Å². The Morgan fingerprint density at radius 1 is 1.15 bits per heavy atom. The van der Waals surface area contributed by atoms with Gasteiger partial charge in [0.2, 0.25) is 11.8 Å². The summed E-state index contributed by atoms with van der Waals surface area (Å²) in [5.74, 6) is 1.45. The first-order chi connectivity index (χ1) is 16.5. The van der Waals surface area contributed by atoms with E-state index in [4.69, 9.17) is 9.47 Å². The van der Waals surface area contributed by atoms with Crippen LogP contribution in [0.1, 0.15) is 37.8 Å². The average molecular weight is 464 g/mol. The molecule has 5 rings (SSSR count). The SMILES string of the molecule is COc1cccc(Oc2c(-c3cnn(C4CCNCC4)c3)ccc3c2CCC(C)N3C(=O)O)n1. The predicted octanol–water partition coefficient (Wildman–Crippen LogP) is 4.49. The van der Waals surface area contributed by atoms with Crippen molar-refractivity contribution >= 4 is 11.8 Å². The minimum Gasteiger partial charge on any atom is -0.481 e. The number of hydrogen-bond acceptors (Lipinski definition) is 6. The van der Waals surface area contributed by atoms with Crippen molar-refractivity contribution in [2.24, 2.45) is 0 Å². The van der Waals surface area contributed by atoms with Crippen molar-refractivity contribution in [2.75, 3.05) is 25.1 Å². The van der Waals surface area contributed by atoms with E-state index >= 15 is 0 Å². The molecule has 178 valence electrons. The van der Waals surface area contributed by atoms with Gasteiger partial charge in [-0.05, 0) is 57.8 Å². The molecule has 2 aliphatic heterocycles. The van der Waals surface area contributed by atoms with Crippen molar-refractivity contribution in [1.82, 2.24) is 20.1 Å². The third kappa shape index (κ3) is 4.19. The molecule has 1 aromatic carbocycles. The lowest BCUT2D eigenvalue weighted by Crippen LogP contribution is -2.41. The molecule has 9 heteroatoms. The standard InChI is InChI=1S/C25H29N5O4/c1-16-6-7-20-21(30(16)25(31)32)9-8-19(24(20)34-23-5-3-4-22(28-23)33-2)17-14-27-29(15-17)18-10-12-26-13-11-18/h3-5,8-9,14-16,18,26H,6-7,10-13H2,1-2H3,(H,31,32). The summed E-state index contributed by atoms with van der Waals surface area (Å²) >= 11 is 0. The average Bonchev–Trinajstić information content (AvgIpc) is 3.34. The van der Waals surface area contributed by atoms with Gasteiger partial charge in [0, 0.05) is 41.1 Å². The molecular formula is C25H29N5O4. The molecular weight excluding hydrogens is 434 g/mol.